The van der Waals surface area contributed by atoms with Crippen molar-refractivity contribution < 1.29 is 0 Å². The molecule has 0 unspecified atom stereocenters. The molecule has 0 atom stereocenters. The summed E-state index contributed by atoms with van der Waals surface area (Å²) in [6, 6.07) is 3.20. The fraction of sp³-hybridized carbons (Fsp3) is 0.182. The topological polar surface area (TPSA) is 85.3 Å². The molecule has 0 radical (unpaired) electrons. The summed E-state index contributed by atoms with van der Waals surface area (Å²) in [4.78, 5) is 19.6. The molecule has 6 nitrogen and oxygen atoms in total. The molecular weight excluding hydrogens is 218 g/mol. The SMILES string of the molecule is CCn1cc2ccc(=O)nc3c2c1N=C(N)N3. The van der Waals surface area contributed by atoms with Crippen LogP contribution in [0.25, 0.3) is 10.8 Å². The molecular formula is C11H11N5O. The van der Waals surface area contributed by atoms with E-state index in [4.69, 9.17) is 5.73 Å². The van der Waals surface area contributed by atoms with E-state index in [1.165, 1.54) is 6.07 Å². The van der Waals surface area contributed by atoms with Gasteiger partial charge in [0.1, 0.15) is 11.6 Å². The average molecular weight is 229 g/mol. The second-order valence-electron chi connectivity index (χ2n) is 3.82. The van der Waals surface area contributed by atoms with E-state index in [9.17, 15) is 4.79 Å². The molecule has 6 heteroatoms. The Balaban J connectivity index is 2.51. The van der Waals surface area contributed by atoms with E-state index in [2.05, 4.69) is 15.3 Å². The maximum absolute atomic E-state index is 11.4. The molecule has 3 rings (SSSR count). The van der Waals surface area contributed by atoms with E-state index in [1.54, 1.807) is 6.07 Å². The number of aromatic nitrogens is 2. The van der Waals surface area contributed by atoms with Crippen LogP contribution in [0.1, 0.15) is 6.92 Å². The average Bonchev–Trinajstić information content (AvgIpc) is 2.55. The number of nitrogens with zero attached hydrogens (tertiary/aromatic N) is 3. The molecule has 1 aliphatic heterocycles. The molecule has 0 saturated heterocycles. The van der Waals surface area contributed by atoms with Crippen LogP contribution in [0.15, 0.2) is 28.1 Å². The summed E-state index contributed by atoms with van der Waals surface area (Å²) in [5.74, 6) is 1.48. The fourth-order valence-electron chi connectivity index (χ4n) is 2.01. The minimum atomic E-state index is -0.299. The summed E-state index contributed by atoms with van der Waals surface area (Å²) in [5.41, 5.74) is 5.38. The summed E-state index contributed by atoms with van der Waals surface area (Å²) in [7, 11) is 0. The highest BCUT2D eigenvalue weighted by Crippen LogP contribution is 2.34. The van der Waals surface area contributed by atoms with Crippen molar-refractivity contribution in [2.24, 2.45) is 10.7 Å². The molecule has 0 saturated carbocycles. The van der Waals surface area contributed by atoms with Crippen molar-refractivity contribution in [3.8, 4) is 0 Å². The van der Waals surface area contributed by atoms with Gasteiger partial charge in [-0.15, -0.1) is 0 Å². The largest absolute Gasteiger partial charge is 0.369 e. The molecule has 3 N–H and O–H groups in total. The molecule has 0 amide bonds. The van der Waals surface area contributed by atoms with Crippen molar-refractivity contribution in [2.45, 2.75) is 13.5 Å². The van der Waals surface area contributed by atoms with Gasteiger partial charge in [-0.3, -0.25) is 4.79 Å². The number of guanidine groups is 1. The van der Waals surface area contributed by atoms with Gasteiger partial charge in [0.15, 0.2) is 0 Å². The van der Waals surface area contributed by atoms with Crippen LogP contribution in [0.5, 0.6) is 0 Å². The predicted molar refractivity (Wildman–Crippen MR) is 66.6 cm³/mol. The highest BCUT2D eigenvalue weighted by atomic mass is 16.1. The number of nitrogens with one attached hydrogen (secondary N) is 1. The van der Waals surface area contributed by atoms with Gasteiger partial charge < -0.3 is 15.6 Å². The van der Waals surface area contributed by atoms with E-state index >= 15 is 0 Å². The van der Waals surface area contributed by atoms with Gasteiger partial charge in [0.2, 0.25) is 5.96 Å². The summed E-state index contributed by atoms with van der Waals surface area (Å²) in [6.45, 7) is 2.81. The highest BCUT2D eigenvalue weighted by Gasteiger charge is 2.17. The van der Waals surface area contributed by atoms with Gasteiger partial charge in [0, 0.05) is 24.2 Å². The van der Waals surface area contributed by atoms with Crippen molar-refractivity contribution in [1.82, 2.24) is 9.55 Å². The Morgan fingerprint density at radius 3 is 3.06 bits per heavy atom. The molecule has 3 heterocycles. The van der Waals surface area contributed by atoms with Gasteiger partial charge in [-0.25, -0.2) is 0 Å². The van der Waals surface area contributed by atoms with Crippen molar-refractivity contribution in [2.75, 3.05) is 5.32 Å². The van der Waals surface area contributed by atoms with E-state index in [1.807, 2.05) is 17.7 Å². The second kappa shape index (κ2) is 3.31. The second-order valence-corrected chi connectivity index (χ2v) is 3.82. The van der Waals surface area contributed by atoms with E-state index in [0.717, 1.165) is 23.1 Å². The third-order valence-corrected chi connectivity index (χ3v) is 2.76. The van der Waals surface area contributed by atoms with Gasteiger partial charge >= 0.3 is 0 Å². The number of hydrogen-bond donors (Lipinski definition) is 2. The zero-order valence-electron chi connectivity index (χ0n) is 9.27. The molecule has 0 bridgehead atoms. The predicted octanol–water partition coefficient (Wildman–Crippen LogP) is 0.788. The standard InChI is InChI=1S/C11H11N5O/c1-2-16-5-6-3-4-7(17)13-9-8(6)10(16)15-11(12)14-9/h3-5H,2H2,1H3,(H3,12,13,14,15,17). The van der Waals surface area contributed by atoms with Gasteiger partial charge in [-0.2, -0.15) is 9.98 Å². The van der Waals surface area contributed by atoms with Crippen LogP contribution in [0.2, 0.25) is 0 Å². The first-order valence-corrected chi connectivity index (χ1v) is 5.34. The lowest BCUT2D eigenvalue weighted by Crippen LogP contribution is -2.25. The summed E-state index contributed by atoms with van der Waals surface area (Å²) in [5, 5.41) is 4.59. The van der Waals surface area contributed by atoms with Crippen LogP contribution >= 0.6 is 0 Å². The first-order chi connectivity index (χ1) is 8.19. The zero-order chi connectivity index (χ0) is 12.0. The molecule has 0 aromatic carbocycles. The third-order valence-electron chi connectivity index (χ3n) is 2.76. The van der Waals surface area contributed by atoms with Crippen LogP contribution < -0.4 is 16.6 Å². The van der Waals surface area contributed by atoms with E-state index in [0.29, 0.717) is 5.82 Å². The van der Waals surface area contributed by atoms with Crippen LogP contribution in [-0.2, 0) is 6.54 Å². The maximum atomic E-state index is 11.4. The minimum Gasteiger partial charge on any atom is -0.369 e. The van der Waals surface area contributed by atoms with Crippen LogP contribution in [0, 0.1) is 0 Å². The summed E-state index contributed by atoms with van der Waals surface area (Å²) >= 11 is 0. The van der Waals surface area contributed by atoms with Crippen LogP contribution in [0.3, 0.4) is 0 Å². The Bertz CT molecular complexity index is 701. The van der Waals surface area contributed by atoms with E-state index < -0.39 is 0 Å². The van der Waals surface area contributed by atoms with Crippen molar-refractivity contribution in [3.63, 3.8) is 0 Å². The normalized spacial score (nSPS) is 13.4. The molecule has 0 fully saturated rings. The summed E-state index contributed by atoms with van der Waals surface area (Å²) in [6.07, 6.45) is 1.94. The quantitative estimate of drug-likeness (QED) is 0.757. The first-order valence-electron chi connectivity index (χ1n) is 5.34. The van der Waals surface area contributed by atoms with E-state index in [-0.39, 0.29) is 11.5 Å². The Labute approximate surface area is 96.8 Å². The van der Waals surface area contributed by atoms with Gasteiger partial charge in [0.25, 0.3) is 5.56 Å². The van der Waals surface area contributed by atoms with Gasteiger partial charge in [0.05, 0.1) is 5.39 Å². The number of hydrogen-bond acceptors (Lipinski definition) is 5. The van der Waals surface area contributed by atoms with Crippen molar-refractivity contribution in [1.29, 1.82) is 0 Å². The monoisotopic (exact) mass is 229 g/mol. The molecule has 2 aromatic heterocycles. The Kier molecular flexibility index (Phi) is 1.91. The lowest BCUT2D eigenvalue weighted by molar-refractivity contribution is 0.774. The van der Waals surface area contributed by atoms with Crippen LogP contribution in [0.4, 0.5) is 11.6 Å². The molecule has 0 spiro atoms. The van der Waals surface area contributed by atoms with Crippen molar-refractivity contribution in [3.05, 3.63) is 28.7 Å². The summed E-state index contributed by atoms with van der Waals surface area (Å²) < 4.78 is 1.98. The lowest BCUT2D eigenvalue weighted by atomic mass is 10.2. The van der Waals surface area contributed by atoms with Crippen molar-refractivity contribution >= 4 is 28.4 Å². The maximum Gasteiger partial charge on any atom is 0.271 e. The number of aliphatic imine (C=N–C) groups is 1. The van der Waals surface area contributed by atoms with Crippen LogP contribution in [-0.4, -0.2) is 15.5 Å². The zero-order valence-corrected chi connectivity index (χ0v) is 9.27. The molecule has 2 aromatic rings. The van der Waals surface area contributed by atoms with Gasteiger partial charge in [-0.1, -0.05) is 0 Å². The Hall–Kier alpha value is -2.37. The van der Waals surface area contributed by atoms with Gasteiger partial charge in [-0.05, 0) is 13.0 Å². The fourth-order valence-corrected chi connectivity index (χ4v) is 2.01. The Morgan fingerprint density at radius 2 is 2.29 bits per heavy atom. The number of nitrogens with two attached hydrogens (primary N) is 1. The molecule has 0 aliphatic carbocycles. The smallest absolute Gasteiger partial charge is 0.271 e. The third kappa shape index (κ3) is 1.37. The first kappa shape index (κ1) is 9.83. The Morgan fingerprint density at radius 1 is 1.47 bits per heavy atom. The lowest BCUT2D eigenvalue weighted by Gasteiger charge is -2.11. The number of anilines is 1. The minimum absolute atomic E-state index is 0.255. The number of rotatable bonds is 1. The number of aryl methyl sites for hydroxylation is 1. The molecule has 86 valence electrons. The molecule has 17 heavy (non-hydrogen) atoms. The highest BCUT2D eigenvalue weighted by molar-refractivity contribution is 6.10. The molecule has 1 aliphatic rings.